The second kappa shape index (κ2) is 10.1. The van der Waals surface area contributed by atoms with Gasteiger partial charge in [-0.3, -0.25) is 14.6 Å². The molecule has 2 amide bonds. The second-order valence-electron chi connectivity index (χ2n) is 7.64. The predicted octanol–water partition coefficient (Wildman–Crippen LogP) is 5.08. The maximum atomic E-state index is 13.4. The van der Waals surface area contributed by atoms with E-state index in [2.05, 4.69) is 10.3 Å². The molecule has 0 saturated carbocycles. The average Bonchev–Trinajstić information content (AvgIpc) is 3.18. The van der Waals surface area contributed by atoms with Crippen molar-refractivity contribution in [1.29, 1.82) is 0 Å². The van der Waals surface area contributed by atoms with E-state index in [-0.39, 0.29) is 11.8 Å². The number of rotatable bonds is 7. The lowest BCUT2D eigenvalue weighted by atomic mass is 9.95. The smallest absolute Gasteiger partial charge is 0.257 e. The Morgan fingerprint density at radius 3 is 2.72 bits per heavy atom. The number of nitrogens with zero attached hydrogens (tertiary/aromatic N) is 2. The van der Waals surface area contributed by atoms with Gasteiger partial charge in [-0.25, -0.2) is 0 Å². The standard InChI is InChI=1S/C24H24ClN3O3S/c1-28(13-14-31-18-10-8-17(25)9-11-18)24(30)21-19-6-2-3-7-20(19)32-23(21)27-22(29)16-5-4-12-26-15-16/h4-5,8-12,15H,2-3,6-7,13-14H2,1H3,(H,27,29). The van der Waals surface area contributed by atoms with Crippen LogP contribution in [0.4, 0.5) is 5.00 Å². The van der Waals surface area contributed by atoms with Crippen molar-refractivity contribution in [3.63, 3.8) is 0 Å². The van der Waals surface area contributed by atoms with Gasteiger partial charge in [-0.2, -0.15) is 0 Å². The fourth-order valence-corrected chi connectivity index (χ4v) is 5.08. The zero-order chi connectivity index (χ0) is 22.5. The van der Waals surface area contributed by atoms with Gasteiger partial charge in [0.25, 0.3) is 11.8 Å². The van der Waals surface area contributed by atoms with Crippen molar-refractivity contribution in [2.75, 3.05) is 25.5 Å². The minimum absolute atomic E-state index is 0.106. The average molecular weight is 470 g/mol. The van der Waals surface area contributed by atoms with E-state index in [0.717, 1.165) is 31.2 Å². The molecule has 166 valence electrons. The summed E-state index contributed by atoms with van der Waals surface area (Å²) in [6, 6.07) is 10.5. The number of ether oxygens (including phenoxy) is 1. The third-order valence-corrected chi connectivity index (χ3v) is 6.85. The highest BCUT2D eigenvalue weighted by atomic mass is 35.5. The van der Waals surface area contributed by atoms with Gasteiger partial charge in [0.05, 0.1) is 17.7 Å². The van der Waals surface area contributed by atoms with Gasteiger partial charge in [0.2, 0.25) is 0 Å². The molecule has 2 aromatic heterocycles. The first-order valence-corrected chi connectivity index (χ1v) is 11.7. The number of amides is 2. The first-order valence-electron chi connectivity index (χ1n) is 10.5. The van der Waals surface area contributed by atoms with Crippen LogP contribution in [-0.4, -0.2) is 41.9 Å². The van der Waals surface area contributed by atoms with E-state index < -0.39 is 0 Å². The zero-order valence-corrected chi connectivity index (χ0v) is 19.3. The van der Waals surface area contributed by atoms with E-state index in [4.69, 9.17) is 16.3 Å². The number of pyridine rings is 1. The molecule has 0 saturated heterocycles. The van der Waals surface area contributed by atoms with E-state index in [9.17, 15) is 9.59 Å². The molecule has 0 fully saturated rings. The van der Waals surface area contributed by atoms with Crippen molar-refractivity contribution in [1.82, 2.24) is 9.88 Å². The van der Waals surface area contributed by atoms with E-state index in [0.29, 0.717) is 40.1 Å². The van der Waals surface area contributed by atoms with Gasteiger partial charge in [-0.1, -0.05) is 11.6 Å². The summed E-state index contributed by atoms with van der Waals surface area (Å²) in [7, 11) is 1.76. The van der Waals surface area contributed by atoms with Crippen LogP contribution in [0, 0.1) is 0 Å². The van der Waals surface area contributed by atoms with Crippen molar-refractivity contribution >= 4 is 39.8 Å². The topological polar surface area (TPSA) is 71.5 Å². The minimum Gasteiger partial charge on any atom is -0.492 e. The van der Waals surface area contributed by atoms with Crippen LogP contribution < -0.4 is 10.1 Å². The summed E-state index contributed by atoms with van der Waals surface area (Å²) in [5, 5.41) is 4.21. The van der Waals surface area contributed by atoms with E-state index in [1.54, 1.807) is 54.5 Å². The van der Waals surface area contributed by atoms with Crippen molar-refractivity contribution in [3.05, 3.63) is 75.4 Å². The maximum absolute atomic E-state index is 13.4. The van der Waals surface area contributed by atoms with E-state index in [1.807, 2.05) is 0 Å². The van der Waals surface area contributed by atoms with Crippen molar-refractivity contribution in [2.45, 2.75) is 25.7 Å². The molecule has 8 heteroatoms. The molecule has 1 aliphatic carbocycles. The number of fused-ring (bicyclic) bond motifs is 1. The Balaban J connectivity index is 1.49. The molecule has 0 unspecified atom stereocenters. The molecule has 32 heavy (non-hydrogen) atoms. The first-order chi connectivity index (χ1) is 15.5. The number of thiophene rings is 1. The molecule has 1 N–H and O–H groups in total. The molecule has 1 aliphatic rings. The maximum Gasteiger partial charge on any atom is 0.257 e. The van der Waals surface area contributed by atoms with Crippen LogP contribution in [0.1, 0.15) is 44.0 Å². The summed E-state index contributed by atoms with van der Waals surface area (Å²) in [6.07, 6.45) is 7.07. The third kappa shape index (κ3) is 5.11. The van der Waals surface area contributed by atoms with Crippen LogP contribution in [0.2, 0.25) is 5.02 Å². The summed E-state index contributed by atoms with van der Waals surface area (Å²) in [5.74, 6) is 0.331. The Morgan fingerprint density at radius 2 is 1.97 bits per heavy atom. The molecule has 0 aliphatic heterocycles. The normalized spacial score (nSPS) is 12.7. The molecule has 0 bridgehead atoms. The van der Waals surface area contributed by atoms with Gasteiger partial charge in [0, 0.05) is 29.3 Å². The zero-order valence-electron chi connectivity index (χ0n) is 17.8. The molecular weight excluding hydrogens is 446 g/mol. The second-order valence-corrected chi connectivity index (χ2v) is 9.18. The van der Waals surface area contributed by atoms with Crippen LogP contribution in [0.15, 0.2) is 48.8 Å². The number of hydrogen-bond donors (Lipinski definition) is 1. The number of nitrogens with one attached hydrogen (secondary N) is 1. The fourth-order valence-electron chi connectivity index (χ4n) is 3.68. The summed E-state index contributed by atoms with van der Waals surface area (Å²) >= 11 is 7.41. The summed E-state index contributed by atoms with van der Waals surface area (Å²) in [4.78, 5) is 33.0. The van der Waals surface area contributed by atoms with Gasteiger partial charge in [-0.15, -0.1) is 11.3 Å². The number of anilines is 1. The van der Waals surface area contributed by atoms with Crippen LogP contribution in [0.3, 0.4) is 0 Å². The largest absolute Gasteiger partial charge is 0.492 e. The van der Waals surface area contributed by atoms with Crippen LogP contribution in [0.5, 0.6) is 5.75 Å². The Kier molecular flexibility index (Phi) is 7.07. The third-order valence-electron chi connectivity index (χ3n) is 5.39. The quantitative estimate of drug-likeness (QED) is 0.523. The molecule has 3 aromatic rings. The monoisotopic (exact) mass is 469 g/mol. The number of aromatic nitrogens is 1. The van der Waals surface area contributed by atoms with Gasteiger partial charge in [-0.05, 0) is 67.6 Å². The van der Waals surface area contributed by atoms with Crippen molar-refractivity contribution in [2.24, 2.45) is 0 Å². The molecule has 4 rings (SSSR count). The molecular formula is C24H24ClN3O3S. The molecule has 0 atom stereocenters. The SMILES string of the molecule is CN(CCOc1ccc(Cl)cc1)C(=O)c1c(NC(=O)c2cccnc2)sc2c1CCCC2. The highest BCUT2D eigenvalue weighted by Gasteiger charge is 2.28. The molecule has 2 heterocycles. The lowest BCUT2D eigenvalue weighted by Crippen LogP contribution is -2.32. The number of benzene rings is 1. The number of carbonyl (C=O) groups is 2. The molecule has 1 aromatic carbocycles. The van der Waals surface area contributed by atoms with Crippen LogP contribution >= 0.6 is 22.9 Å². The first kappa shape index (κ1) is 22.3. The molecule has 0 radical (unpaired) electrons. The number of carbonyl (C=O) groups excluding carboxylic acids is 2. The highest BCUT2D eigenvalue weighted by Crippen LogP contribution is 2.39. The van der Waals surface area contributed by atoms with Gasteiger partial charge in [0.15, 0.2) is 0 Å². The molecule has 0 spiro atoms. The molecule has 6 nitrogen and oxygen atoms in total. The predicted molar refractivity (Wildman–Crippen MR) is 127 cm³/mol. The Labute approximate surface area is 196 Å². The van der Waals surface area contributed by atoms with Gasteiger partial charge in [0.1, 0.15) is 17.4 Å². The number of hydrogen-bond acceptors (Lipinski definition) is 5. The van der Waals surface area contributed by atoms with E-state index >= 15 is 0 Å². The van der Waals surface area contributed by atoms with Gasteiger partial charge < -0.3 is 15.0 Å². The summed E-state index contributed by atoms with van der Waals surface area (Å²) in [6.45, 7) is 0.773. The number of halogens is 1. The lowest BCUT2D eigenvalue weighted by molar-refractivity contribution is 0.0774. The Bertz CT molecular complexity index is 1100. The number of likely N-dealkylation sites (N-methyl/N-ethyl adjacent to an activating group) is 1. The van der Waals surface area contributed by atoms with Gasteiger partial charge >= 0.3 is 0 Å². The van der Waals surface area contributed by atoms with Crippen molar-refractivity contribution in [3.8, 4) is 5.75 Å². The summed E-state index contributed by atoms with van der Waals surface area (Å²) < 4.78 is 5.74. The fraction of sp³-hybridized carbons (Fsp3) is 0.292. The Hall–Kier alpha value is -2.90. The van der Waals surface area contributed by atoms with Crippen LogP contribution in [0.25, 0.3) is 0 Å². The minimum atomic E-state index is -0.264. The summed E-state index contributed by atoms with van der Waals surface area (Å²) in [5.41, 5.74) is 2.14. The van der Waals surface area contributed by atoms with Crippen LogP contribution in [-0.2, 0) is 12.8 Å². The Morgan fingerprint density at radius 1 is 1.19 bits per heavy atom. The lowest BCUT2D eigenvalue weighted by Gasteiger charge is -2.20. The van der Waals surface area contributed by atoms with Crippen molar-refractivity contribution < 1.29 is 14.3 Å². The highest BCUT2D eigenvalue weighted by molar-refractivity contribution is 7.17. The van der Waals surface area contributed by atoms with E-state index in [1.165, 1.54) is 22.4 Å². The number of aryl methyl sites for hydroxylation is 1.